The third kappa shape index (κ3) is 1.37. The van der Waals surface area contributed by atoms with Crippen LogP contribution in [0.15, 0.2) is 0 Å². The average molecular weight is 165 g/mol. The zero-order valence-electron chi connectivity index (χ0n) is 6.79. The molecule has 66 valence electrons. The number of nitrogens with one attached hydrogen (secondary N) is 1. The Morgan fingerprint density at radius 2 is 2.09 bits per heavy atom. The molecule has 0 radical (unpaired) electrons. The summed E-state index contributed by atoms with van der Waals surface area (Å²) in [5.41, 5.74) is -0.920. The van der Waals surface area contributed by atoms with Crippen LogP contribution in [0.4, 0.5) is 8.78 Å². The van der Waals surface area contributed by atoms with E-state index < -0.39 is 11.3 Å². The van der Waals surface area contributed by atoms with E-state index in [0.717, 1.165) is 0 Å². The Morgan fingerprint density at radius 3 is 2.36 bits per heavy atom. The van der Waals surface area contributed by atoms with Gasteiger partial charge in [-0.3, -0.25) is 0 Å². The van der Waals surface area contributed by atoms with Gasteiger partial charge in [-0.05, 0) is 7.05 Å². The van der Waals surface area contributed by atoms with Gasteiger partial charge in [0.1, 0.15) is 0 Å². The van der Waals surface area contributed by atoms with E-state index in [9.17, 15) is 8.78 Å². The molecule has 1 rings (SSSR count). The van der Waals surface area contributed by atoms with Crippen molar-refractivity contribution in [2.24, 2.45) is 5.41 Å². The quantitative estimate of drug-likeness (QED) is 0.667. The first-order valence-electron chi connectivity index (χ1n) is 3.59. The van der Waals surface area contributed by atoms with Crippen LogP contribution in [0, 0.1) is 5.41 Å². The van der Waals surface area contributed by atoms with Crippen molar-refractivity contribution in [2.75, 3.05) is 27.3 Å². The van der Waals surface area contributed by atoms with Gasteiger partial charge in [0, 0.05) is 20.1 Å². The van der Waals surface area contributed by atoms with Crippen molar-refractivity contribution in [3.63, 3.8) is 0 Å². The summed E-state index contributed by atoms with van der Waals surface area (Å²) in [5.74, 6) is -2.52. The van der Waals surface area contributed by atoms with E-state index in [-0.39, 0.29) is 13.0 Å². The Labute approximate surface area is 64.9 Å². The molecule has 1 atom stereocenters. The summed E-state index contributed by atoms with van der Waals surface area (Å²) in [6, 6.07) is 0. The van der Waals surface area contributed by atoms with Gasteiger partial charge in [0.2, 0.25) is 0 Å². The summed E-state index contributed by atoms with van der Waals surface area (Å²) in [6.45, 7) is 0.467. The normalized spacial score (nSPS) is 33.8. The first-order valence-corrected chi connectivity index (χ1v) is 3.59. The van der Waals surface area contributed by atoms with E-state index in [2.05, 4.69) is 5.32 Å². The highest BCUT2D eigenvalue weighted by Crippen LogP contribution is 2.60. The summed E-state index contributed by atoms with van der Waals surface area (Å²) in [4.78, 5) is 0. The average Bonchev–Trinajstić information content (AvgIpc) is 2.35. The van der Waals surface area contributed by atoms with Crippen LogP contribution in [0.1, 0.15) is 6.42 Å². The van der Waals surface area contributed by atoms with Crippen molar-refractivity contribution in [1.82, 2.24) is 5.32 Å². The zero-order valence-corrected chi connectivity index (χ0v) is 6.79. The molecule has 1 aliphatic rings. The Morgan fingerprint density at radius 1 is 1.55 bits per heavy atom. The van der Waals surface area contributed by atoms with Gasteiger partial charge in [-0.2, -0.15) is 0 Å². The molecule has 2 nitrogen and oxygen atoms in total. The summed E-state index contributed by atoms with van der Waals surface area (Å²) in [5, 5.41) is 2.75. The molecule has 0 aliphatic heterocycles. The van der Waals surface area contributed by atoms with Crippen molar-refractivity contribution in [2.45, 2.75) is 12.3 Å². The molecular weight excluding hydrogens is 152 g/mol. The number of rotatable bonds is 4. The molecule has 1 saturated carbocycles. The summed E-state index contributed by atoms with van der Waals surface area (Å²) in [6.07, 6.45) is -0.0469. The Kier molecular flexibility index (Phi) is 2.16. The van der Waals surface area contributed by atoms with Crippen LogP contribution in [0.2, 0.25) is 0 Å². The highest BCUT2D eigenvalue weighted by Gasteiger charge is 2.70. The molecule has 1 N–H and O–H groups in total. The maximum atomic E-state index is 12.7. The largest absolute Gasteiger partial charge is 0.384 e. The van der Waals surface area contributed by atoms with Crippen LogP contribution >= 0.6 is 0 Å². The van der Waals surface area contributed by atoms with Gasteiger partial charge >= 0.3 is 0 Å². The standard InChI is InChI=1S/C7H13F2NO/c1-10-4-6(5-11-2)3-7(6,8)9/h10H,3-5H2,1-2H3/t6-/m0/s1. The van der Waals surface area contributed by atoms with Gasteiger partial charge in [0.25, 0.3) is 5.92 Å². The maximum absolute atomic E-state index is 12.7. The van der Waals surface area contributed by atoms with Gasteiger partial charge in [-0.25, -0.2) is 8.78 Å². The monoisotopic (exact) mass is 165 g/mol. The summed E-state index contributed by atoms with van der Waals surface area (Å²) < 4.78 is 30.1. The minimum atomic E-state index is -2.52. The lowest BCUT2D eigenvalue weighted by Gasteiger charge is -2.13. The van der Waals surface area contributed by atoms with Gasteiger partial charge in [-0.1, -0.05) is 0 Å². The van der Waals surface area contributed by atoms with E-state index in [1.165, 1.54) is 7.11 Å². The van der Waals surface area contributed by atoms with Gasteiger partial charge < -0.3 is 10.1 Å². The number of hydrogen-bond donors (Lipinski definition) is 1. The molecule has 0 saturated heterocycles. The molecule has 0 aromatic carbocycles. The lowest BCUT2D eigenvalue weighted by Crippen LogP contribution is -2.29. The van der Waals surface area contributed by atoms with Crippen molar-refractivity contribution < 1.29 is 13.5 Å². The van der Waals surface area contributed by atoms with Gasteiger partial charge in [0.05, 0.1) is 12.0 Å². The second kappa shape index (κ2) is 2.68. The lowest BCUT2D eigenvalue weighted by atomic mass is 10.1. The molecule has 0 spiro atoms. The number of hydrogen-bond acceptors (Lipinski definition) is 2. The first-order chi connectivity index (χ1) is 5.08. The number of alkyl halides is 2. The summed E-state index contributed by atoms with van der Waals surface area (Å²) >= 11 is 0. The molecule has 0 aromatic rings. The second-order valence-corrected chi connectivity index (χ2v) is 3.12. The Bertz CT molecular complexity index is 143. The molecule has 0 unspecified atom stereocenters. The van der Waals surface area contributed by atoms with Gasteiger partial charge in [-0.15, -0.1) is 0 Å². The fourth-order valence-electron chi connectivity index (χ4n) is 1.39. The molecule has 0 aromatic heterocycles. The van der Waals surface area contributed by atoms with E-state index in [4.69, 9.17) is 4.74 Å². The minimum Gasteiger partial charge on any atom is -0.384 e. The molecule has 4 heteroatoms. The smallest absolute Gasteiger partial charge is 0.258 e. The van der Waals surface area contributed by atoms with Crippen molar-refractivity contribution in [3.8, 4) is 0 Å². The maximum Gasteiger partial charge on any atom is 0.258 e. The molecule has 0 bridgehead atoms. The molecule has 1 fully saturated rings. The molecular formula is C7H13F2NO. The van der Waals surface area contributed by atoms with Crippen LogP contribution in [-0.4, -0.2) is 33.2 Å². The zero-order chi connectivity index (χ0) is 8.54. The Hall–Kier alpha value is -0.220. The molecule has 1 aliphatic carbocycles. The van der Waals surface area contributed by atoms with Crippen molar-refractivity contribution >= 4 is 0 Å². The van der Waals surface area contributed by atoms with Crippen LogP contribution in [0.25, 0.3) is 0 Å². The van der Waals surface area contributed by atoms with Crippen LogP contribution < -0.4 is 5.32 Å². The number of methoxy groups -OCH3 is 1. The Balaban J connectivity index is 2.48. The van der Waals surface area contributed by atoms with E-state index in [0.29, 0.717) is 6.54 Å². The molecule has 11 heavy (non-hydrogen) atoms. The van der Waals surface area contributed by atoms with Crippen LogP contribution in [0.5, 0.6) is 0 Å². The van der Waals surface area contributed by atoms with Crippen LogP contribution in [0.3, 0.4) is 0 Å². The second-order valence-electron chi connectivity index (χ2n) is 3.12. The first kappa shape index (κ1) is 8.87. The number of ether oxygens (including phenoxy) is 1. The van der Waals surface area contributed by atoms with E-state index in [1.54, 1.807) is 7.05 Å². The highest BCUT2D eigenvalue weighted by molar-refractivity contribution is 5.11. The topological polar surface area (TPSA) is 21.3 Å². The lowest BCUT2D eigenvalue weighted by molar-refractivity contribution is 0.0243. The minimum absolute atomic E-state index is 0.0469. The molecule has 0 heterocycles. The summed E-state index contributed by atoms with van der Waals surface area (Å²) in [7, 11) is 3.12. The van der Waals surface area contributed by atoms with Crippen molar-refractivity contribution in [3.05, 3.63) is 0 Å². The highest BCUT2D eigenvalue weighted by atomic mass is 19.3. The van der Waals surface area contributed by atoms with E-state index >= 15 is 0 Å². The fourth-order valence-corrected chi connectivity index (χ4v) is 1.39. The van der Waals surface area contributed by atoms with Gasteiger partial charge in [0.15, 0.2) is 0 Å². The van der Waals surface area contributed by atoms with Crippen molar-refractivity contribution in [1.29, 1.82) is 0 Å². The third-order valence-corrected chi connectivity index (χ3v) is 2.15. The third-order valence-electron chi connectivity index (χ3n) is 2.15. The number of halogens is 2. The molecule has 0 amide bonds. The SMILES string of the molecule is CNC[C@]1(COC)CC1(F)F. The van der Waals surface area contributed by atoms with Crippen LogP contribution in [-0.2, 0) is 4.74 Å². The van der Waals surface area contributed by atoms with E-state index in [1.807, 2.05) is 0 Å². The predicted molar refractivity (Wildman–Crippen MR) is 37.8 cm³/mol. The fraction of sp³-hybridized carbons (Fsp3) is 1.00. The predicted octanol–water partition coefficient (Wildman–Crippen LogP) is 0.878.